The van der Waals surface area contributed by atoms with Crippen LogP contribution in [0.5, 0.6) is 0 Å². The van der Waals surface area contributed by atoms with Crippen LogP contribution < -0.4 is 10.0 Å². The van der Waals surface area contributed by atoms with Crippen LogP contribution in [-0.2, 0) is 9.59 Å². The number of amides is 1. The smallest absolute Gasteiger partial charge is 0.303 e. The molecule has 1 aliphatic rings. The number of nitrogens with one attached hydrogen (secondary N) is 2. The number of anilines is 1. The van der Waals surface area contributed by atoms with E-state index in [1.807, 2.05) is 30.3 Å². The number of allylic oxidation sites excluding steroid dienone is 1. The minimum absolute atomic E-state index is 0.0857. The van der Waals surface area contributed by atoms with Crippen molar-refractivity contribution in [2.24, 2.45) is 11.8 Å². The van der Waals surface area contributed by atoms with Gasteiger partial charge in [-0.15, -0.1) is 6.58 Å². The third-order valence-electron chi connectivity index (χ3n) is 4.76. The van der Waals surface area contributed by atoms with Crippen molar-refractivity contribution in [3.05, 3.63) is 36.9 Å². The maximum atomic E-state index is 12.1. The van der Waals surface area contributed by atoms with Gasteiger partial charge in [0.1, 0.15) is 0 Å². The average Bonchev–Trinajstić information content (AvgIpc) is 3.45. The highest BCUT2D eigenvalue weighted by atomic mass is 32.2. The molecule has 6 heteroatoms. The molecule has 1 fully saturated rings. The van der Waals surface area contributed by atoms with Crippen molar-refractivity contribution in [3.63, 3.8) is 0 Å². The van der Waals surface area contributed by atoms with Gasteiger partial charge in [-0.2, -0.15) is 0 Å². The molecule has 1 aliphatic carbocycles. The van der Waals surface area contributed by atoms with E-state index in [2.05, 4.69) is 16.6 Å². The van der Waals surface area contributed by atoms with Gasteiger partial charge in [0, 0.05) is 24.6 Å². The number of para-hydroxylation sites is 1. The predicted molar refractivity (Wildman–Crippen MR) is 111 cm³/mol. The van der Waals surface area contributed by atoms with Crippen LogP contribution in [0, 0.1) is 11.8 Å². The lowest BCUT2D eigenvalue weighted by molar-refractivity contribution is -0.137. The standard InChI is InChI=1S/C21H30N2O3S/c1-2-16-15-17(16)21(26)23-27-19-12-9-8-11-18(19)22-14-10-6-4-3-5-7-13-20(24)25/h2,8-9,11-12,16-17,22H,1,3-7,10,13-15H2,(H,23,26)(H,24,25)/t16-,17+/m1/s1. The molecule has 0 unspecified atom stereocenters. The molecule has 5 nitrogen and oxygen atoms in total. The van der Waals surface area contributed by atoms with Gasteiger partial charge < -0.3 is 10.4 Å². The van der Waals surface area contributed by atoms with Gasteiger partial charge in [0.05, 0.1) is 4.90 Å². The number of carbonyl (C=O) groups excluding carboxylic acids is 1. The molecule has 1 amide bonds. The fourth-order valence-corrected chi connectivity index (χ4v) is 3.75. The summed E-state index contributed by atoms with van der Waals surface area (Å²) in [5, 5.41) is 12.1. The van der Waals surface area contributed by atoms with Crippen molar-refractivity contribution in [3.8, 4) is 0 Å². The van der Waals surface area contributed by atoms with Crippen molar-refractivity contribution >= 4 is 29.5 Å². The number of hydrogen-bond donors (Lipinski definition) is 3. The van der Waals surface area contributed by atoms with E-state index in [4.69, 9.17) is 5.11 Å². The Balaban J connectivity index is 1.60. The average molecular weight is 391 g/mol. The molecule has 2 atom stereocenters. The highest BCUT2D eigenvalue weighted by Gasteiger charge is 2.40. The van der Waals surface area contributed by atoms with Crippen LogP contribution in [0.4, 0.5) is 5.69 Å². The lowest BCUT2D eigenvalue weighted by Crippen LogP contribution is -2.18. The monoisotopic (exact) mass is 390 g/mol. The van der Waals surface area contributed by atoms with E-state index in [1.165, 1.54) is 11.9 Å². The second-order valence-electron chi connectivity index (χ2n) is 7.00. The summed E-state index contributed by atoms with van der Waals surface area (Å²) < 4.78 is 2.95. The van der Waals surface area contributed by atoms with Crippen LogP contribution in [-0.4, -0.2) is 23.5 Å². The molecule has 148 valence electrons. The molecule has 3 N–H and O–H groups in total. The Bertz CT molecular complexity index is 636. The first kappa shape index (κ1) is 21.4. The maximum Gasteiger partial charge on any atom is 0.303 e. The highest BCUT2D eigenvalue weighted by molar-refractivity contribution is 7.98. The molecule has 0 heterocycles. The first-order valence-electron chi connectivity index (χ1n) is 9.75. The number of hydrogen-bond acceptors (Lipinski definition) is 4. The number of unbranched alkanes of at least 4 members (excludes halogenated alkanes) is 5. The van der Waals surface area contributed by atoms with E-state index in [1.54, 1.807) is 0 Å². The van der Waals surface area contributed by atoms with Gasteiger partial charge in [0.25, 0.3) is 0 Å². The zero-order valence-electron chi connectivity index (χ0n) is 15.8. The Hall–Kier alpha value is -1.95. The third kappa shape index (κ3) is 8.08. The summed E-state index contributed by atoms with van der Waals surface area (Å²) in [5.74, 6) is -0.194. The SMILES string of the molecule is C=C[C@@H]1C[C@@H]1C(=O)NSc1ccccc1NCCCCCCCCC(=O)O. The van der Waals surface area contributed by atoms with Crippen molar-refractivity contribution < 1.29 is 14.7 Å². The van der Waals surface area contributed by atoms with Crippen molar-refractivity contribution in [2.45, 2.75) is 56.3 Å². The lowest BCUT2D eigenvalue weighted by atomic mass is 10.1. The number of carbonyl (C=O) groups is 2. The van der Waals surface area contributed by atoms with Crippen LogP contribution in [0.3, 0.4) is 0 Å². The summed E-state index contributed by atoms with van der Waals surface area (Å²) in [6, 6.07) is 8.00. The van der Waals surface area contributed by atoms with E-state index in [9.17, 15) is 9.59 Å². The first-order valence-corrected chi connectivity index (χ1v) is 10.6. The van der Waals surface area contributed by atoms with E-state index >= 15 is 0 Å². The van der Waals surface area contributed by atoms with E-state index < -0.39 is 5.97 Å². The number of rotatable bonds is 14. The summed E-state index contributed by atoms with van der Waals surface area (Å²) in [6.07, 6.45) is 9.26. The normalized spacial score (nSPS) is 17.9. The van der Waals surface area contributed by atoms with E-state index in [0.717, 1.165) is 62.1 Å². The number of aliphatic carboxylic acids is 1. The largest absolute Gasteiger partial charge is 0.481 e. The van der Waals surface area contributed by atoms with Gasteiger partial charge in [-0.3, -0.25) is 14.3 Å². The Morgan fingerprint density at radius 2 is 1.85 bits per heavy atom. The number of carboxylic acid groups (broad SMARTS) is 1. The molecule has 0 aliphatic heterocycles. The molecule has 1 aromatic rings. The second kappa shape index (κ2) is 11.7. The van der Waals surface area contributed by atoms with E-state index in [0.29, 0.717) is 5.92 Å². The summed E-state index contributed by atoms with van der Waals surface area (Å²) in [4.78, 5) is 23.5. The predicted octanol–water partition coefficient (Wildman–Crippen LogP) is 4.86. The van der Waals surface area contributed by atoms with Crippen LogP contribution in [0.15, 0.2) is 41.8 Å². The number of carboxylic acids is 1. The molecule has 1 saturated carbocycles. The van der Waals surface area contributed by atoms with Crippen LogP contribution in [0.25, 0.3) is 0 Å². The van der Waals surface area contributed by atoms with Crippen molar-refractivity contribution in [2.75, 3.05) is 11.9 Å². The summed E-state index contributed by atoms with van der Waals surface area (Å²) in [5.41, 5.74) is 1.04. The fourth-order valence-electron chi connectivity index (χ4n) is 2.99. The fraction of sp³-hybridized carbons (Fsp3) is 0.524. The van der Waals surface area contributed by atoms with Crippen LogP contribution in [0.1, 0.15) is 51.4 Å². The Labute approximate surface area is 166 Å². The highest BCUT2D eigenvalue weighted by Crippen LogP contribution is 2.40. The molecule has 1 aromatic carbocycles. The quantitative estimate of drug-likeness (QED) is 0.240. The molecule has 0 saturated heterocycles. The molecule has 0 spiro atoms. The van der Waals surface area contributed by atoms with Crippen molar-refractivity contribution in [1.82, 2.24) is 4.72 Å². The number of benzene rings is 1. The second-order valence-corrected chi connectivity index (χ2v) is 7.85. The van der Waals surface area contributed by atoms with Gasteiger partial charge >= 0.3 is 5.97 Å². The van der Waals surface area contributed by atoms with Crippen molar-refractivity contribution in [1.29, 1.82) is 0 Å². The van der Waals surface area contributed by atoms with Crippen LogP contribution >= 0.6 is 11.9 Å². The maximum absolute atomic E-state index is 12.1. The minimum Gasteiger partial charge on any atom is -0.481 e. The zero-order chi connectivity index (χ0) is 19.5. The third-order valence-corrected chi connectivity index (χ3v) is 5.64. The molecule has 2 rings (SSSR count). The molecule has 0 aromatic heterocycles. The molecular formula is C21H30N2O3S. The Morgan fingerprint density at radius 1 is 1.15 bits per heavy atom. The van der Waals surface area contributed by atoms with E-state index in [-0.39, 0.29) is 18.2 Å². The Kier molecular flexibility index (Phi) is 9.25. The zero-order valence-corrected chi connectivity index (χ0v) is 16.6. The van der Waals surface area contributed by atoms with Crippen LogP contribution in [0.2, 0.25) is 0 Å². The first-order chi connectivity index (χ1) is 13.1. The van der Waals surface area contributed by atoms with Gasteiger partial charge in [0.2, 0.25) is 5.91 Å². The summed E-state index contributed by atoms with van der Waals surface area (Å²) in [6.45, 7) is 4.63. The summed E-state index contributed by atoms with van der Waals surface area (Å²) in [7, 11) is 0. The van der Waals surface area contributed by atoms with Gasteiger partial charge in [0.15, 0.2) is 0 Å². The molecule has 0 radical (unpaired) electrons. The van der Waals surface area contributed by atoms with Gasteiger partial charge in [-0.1, -0.05) is 43.9 Å². The molecule has 27 heavy (non-hydrogen) atoms. The minimum atomic E-state index is -0.704. The topological polar surface area (TPSA) is 78.4 Å². The molecule has 0 bridgehead atoms. The Morgan fingerprint density at radius 3 is 2.56 bits per heavy atom. The van der Waals surface area contributed by atoms with Gasteiger partial charge in [-0.05, 0) is 49.3 Å². The summed E-state index contributed by atoms with van der Waals surface area (Å²) >= 11 is 1.37. The van der Waals surface area contributed by atoms with Gasteiger partial charge in [-0.25, -0.2) is 0 Å². The molecular weight excluding hydrogens is 360 g/mol. The lowest BCUT2D eigenvalue weighted by Gasteiger charge is -2.12.